The molecular formula is C26H25FN4O3. The lowest BCUT2D eigenvalue weighted by molar-refractivity contribution is -0.131. The van der Waals surface area contributed by atoms with Gasteiger partial charge in [0.15, 0.2) is 0 Å². The van der Waals surface area contributed by atoms with Gasteiger partial charge < -0.3 is 9.80 Å². The summed E-state index contributed by atoms with van der Waals surface area (Å²) in [6, 6.07) is 11.8. The molecule has 3 heterocycles. The molecule has 174 valence electrons. The molecule has 0 radical (unpaired) electrons. The zero-order valence-electron chi connectivity index (χ0n) is 18.7. The molecule has 1 aromatic heterocycles. The van der Waals surface area contributed by atoms with Crippen LogP contribution in [0.3, 0.4) is 0 Å². The van der Waals surface area contributed by atoms with E-state index in [-0.39, 0.29) is 40.7 Å². The SMILES string of the molecule is O=C(c1cc(Cc2n[nH]c(=O)c3ccccc23)ccc1F)N1CC2CN(C(=O)C3CC3)CC2C1. The molecule has 2 saturated heterocycles. The van der Waals surface area contributed by atoms with E-state index >= 15 is 0 Å². The fourth-order valence-corrected chi connectivity index (χ4v) is 5.44. The van der Waals surface area contributed by atoms with E-state index in [1.807, 2.05) is 17.0 Å². The van der Waals surface area contributed by atoms with Gasteiger partial charge in [-0.3, -0.25) is 14.4 Å². The molecule has 2 amide bonds. The van der Waals surface area contributed by atoms with Crippen molar-refractivity contribution < 1.29 is 14.0 Å². The Bertz CT molecular complexity index is 1350. The monoisotopic (exact) mass is 460 g/mol. The van der Waals surface area contributed by atoms with Crippen LogP contribution in [0.5, 0.6) is 0 Å². The molecular weight excluding hydrogens is 435 g/mol. The normalized spacial score (nSPS) is 21.8. The minimum atomic E-state index is -0.546. The Morgan fingerprint density at radius 2 is 1.65 bits per heavy atom. The van der Waals surface area contributed by atoms with Crippen molar-refractivity contribution in [2.75, 3.05) is 26.2 Å². The minimum absolute atomic E-state index is 0.0529. The Morgan fingerprint density at radius 3 is 2.35 bits per heavy atom. The lowest BCUT2D eigenvalue weighted by Gasteiger charge is -2.22. The van der Waals surface area contributed by atoms with Crippen molar-refractivity contribution in [2.24, 2.45) is 17.8 Å². The molecule has 3 fully saturated rings. The Balaban J connectivity index is 1.19. The van der Waals surface area contributed by atoms with Gasteiger partial charge in [0.25, 0.3) is 11.5 Å². The summed E-state index contributed by atoms with van der Waals surface area (Å²) in [6.45, 7) is 2.48. The van der Waals surface area contributed by atoms with Gasteiger partial charge in [-0.1, -0.05) is 24.3 Å². The maximum atomic E-state index is 14.7. The fraction of sp³-hybridized carbons (Fsp3) is 0.385. The highest BCUT2D eigenvalue weighted by Gasteiger charge is 2.45. The van der Waals surface area contributed by atoms with Crippen molar-refractivity contribution >= 4 is 22.6 Å². The first-order valence-corrected chi connectivity index (χ1v) is 11.8. The molecule has 6 rings (SSSR count). The lowest BCUT2D eigenvalue weighted by atomic mass is 10.0. The van der Waals surface area contributed by atoms with E-state index in [1.165, 1.54) is 6.07 Å². The van der Waals surface area contributed by atoms with E-state index in [1.54, 1.807) is 29.2 Å². The summed E-state index contributed by atoms with van der Waals surface area (Å²) in [5.41, 5.74) is 1.20. The molecule has 34 heavy (non-hydrogen) atoms. The highest BCUT2D eigenvalue weighted by molar-refractivity contribution is 5.95. The van der Waals surface area contributed by atoms with Crippen LogP contribution >= 0.6 is 0 Å². The first-order chi connectivity index (χ1) is 16.5. The molecule has 0 bridgehead atoms. The molecule has 1 saturated carbocycles. The van der Waals surface area contributed by atoms with Crippen molar-refractivity contribution in [2.45, 2.75) is 19.3 Å². The van der Waals surface area contributed by atoms with Crippen molar-refractivity contribution in [3.8, 4) is 0 Å². The molecule has 1 aliphatic carbocycles. The number of nitrogens with zero attached hydrogens (tertiary/aromatic N) is 3. The third-order valence-electron chi connectivity index (χ3n) is 7.42. The summed E-state index contributed by atoms with van der Waals surface area (Å²) in [4.78, 5) is 41.4. The molecule has 0 spiro atoms. The zero-order chi connectivity index (χ0) is 23.4. The number of aromatic nitrogens is 2. The number of benzene rings is 2. The minimum Gasteiger partial charge on any atom is -0.342 e. The smallest absolute Gasteiger partial charge is 0.272 e. The number of fused-ring (bicyclic) bond motifs is 2. The van der Waals surface area contributed by atoms with Crippen LogP contribution in [-0.4, -0.2) is 58.0 Å². The number of hydrogen-bond acceptors (Lipinski definition) is 4. The van der Waals surface area contributed by atoms with Gasteiger partial charge in [0.05, 0.1) is 16.6 Å². The van der Waals surface area contributed by atoms with E-state index in [4.69, 9.17) is 0 Å². The van der Waals surface area contributed by atoms with Gasteiger partial charge in [0, 0.05) is 55.7 Å². The number of rotatable bonds is 4. The summed E-state index contributed by atoms with van der Waals surface area (Å²) in [6.07, 6.45) is 2.35. The van der Waals surface area contributed by atoms with E-state index in [0.717, 1.165) is 23.8 Å². The largest absolute Gasteiger partial charge is 0.342 e. The average Bonchev–Trinajstić information content (AvgIpc) is 3.50. The van der Waals surface area contributed by atoms with Gasteiger partial charge in [0.2, 0.25) is 5.91 Å². The standard InChI is InChI=1S/C26H25FN4O3/c27-22-8-5-15(10-23-19-3-1-2-4-20(19)24(32)29-28-23)9-21(22)26(34)31-13-17-11-30(12-18(17)14-31)25(33)16-6-7-16/h1-5,8-9,16-18H,6-7,10-14H2,(H,29,32). The summed E-state index contributed by atoms with van der Waals surface area (Å²) in [5.74, 6) is 0.129. The highest BCUT2D eigenvalue weighted by Crippen LogP contribution is 2.37. The average molecular weight is 461 g/mol. The molecule has 2 aromatic carbocycles. The molecule has 3 aliphatic rings. The van der Waals surface area contributed by atoms with Crippen LogP contribution in [0.25, 0.3) is 10.8 Å². The molecule has 8 heteroatoms. The van der Waals surface area contributed by atoms with Crippen LogP contribution in [0.15, 0.2) is 47.3 Å². The Hall–Kier alpha value is -3.55. The van der Waals surface area contributed by atoms with Crippen molar-refractivity contribution in [3.63, 3.8) is 0 Å². The first kappa shape index (κ1) is 21.0. The molecule has 2 aliphatic heterocycles. The summed E-state index contributed by atoms with van der Waals surface area (Å²) >= 11 is 0. The predicted molar refractivity (Wildman–Crippen MR) is 124 cm³/mol. The van der Waals surface area contributed by atoms with Crippen molar-refractivity contribution in [1.29, 1.82) is 0 Å². The number of H-pyrrole nitrogens is 1. The van der Waals surface area contributed by atoms with Gasteiger partial charge in [0.1, 0.15) is 5.82 Å². The number of likely N-dealkylation sites (tertiary alicyclic amines) is 2. The Labute approximate surface area is 195 Å². The molecule has 2 unspecified atom stereocenters. The maximum absolute atomic E-state index is 14.7. The van der Waals surface area contributed by atoms with E-state index < -0.39 is 5.82 Å². The predicted octanol–water partition coefficient (Wildman–Crippen LogP) is 2.59. The topological polar surface area (TPSA) is 86.4 Å². The number of amides is 2. The molecule has 2 atom stereocenters. The van der Waals surface area contributed by atoms with E-state index in [9.17, 15) is 18.8 Å². The van der Waals surface area contributed by atoms with Crippen LogP contribution in [0.2, 0.25) is 0 Å². The third kappa shape index (κ3) is 3.67. The number of halogens is 1. The second-order valence-corrected chi connectivity index (χ2v) is 9.78. The summed E-state index contributed by atoms with van der Waals surface area (Å²) < 4.78 is 14.7. The molecule has 3 aromatic rings. The number of hydrogen-bond donors (Lipinski definition) is 1. The number of nitrogens with one attached hydrogen (secondary N) is 1. The molecule has 1 N–H and O–H groups in total. The first-order valence-electron chi connectivity index (χ1n) is 11.8. The van der Waals surface area contributed by atoms with Crippen molar-refractivity contribution in [3.05, 3.63) is 75.5 Å². The lowest BCUT2D eigenvalue weighted by Crippen LogP contribution is -2.36. The van der Waals surface area contributed by atoms with E-state index in [2.05, 4.69) is 10.2 Å². The van der Waals surface area contributed by atoms with Crippen LogP contribution in [0.4, 0.5) is 4.39 Å². The van der Waals surface area contributed by atoms with Gasteiger partial charge >= 0.3 is 0 Å². The summed E-state index contributed by atoms with van der Waals surface area (Å²) in [7, 11) is 0. The van der Waals surface area contributed by atoms with Gasteiger partial charge in [-0.25, -0.2) is 9.49 Å². The van der Waals surface area contributed by atoms with E-state index in [0.29, 0.717) is 43.7 Å². The number of aromatic amines is 1. The third-order valence-corrected chi connectivity index (χ3v) is 7.42. The Kier molecular flexibility index (Phi) is 4.97. The van der Waals surface area contributed by atoms with Crippen LogP contribution in [0, 0.1) is 23.6 Å². The van der Waals surface area contributed by atoms with Crippen LogP contribution < -0.4 is 5.56 Å². The van der Waals surface area contributed by atoms with Crippen LogP contribution in [0.1, 0.15) is 34.5 Å². The zero-order valence-corrected chi connectivity index (χ0v) is 18.7. The number of carbonyl (C=O) groups excluding carboxylic acids is 2. The number of carbonyl (C=O) groups is 2. The van der Waals surface area contributed by atoms with Crippen molar-refractivity contribution in [1.82, 2.24) is 20.0 Å². The quantitative estimate of drug-likeness (QED) is 0.649. The second kappa shape index (κ2) is 8.04. The second-order valence-electron chi connectivity index (χ2n) is 9.78. The summed E-state index contributed by atoms with van der Waals surface area (Å²) in [5, 5.41) is 7.99. The highest BCUT2D eigenvalue weighted by atomic mass is 19.1. The molecule has 7 nitrogen and oxygen atoms in total. The van der Waals surface area contributed by atoms with Gasteiger partial charge in [-0.05, 0) is 36.6 Å². The fourth-order valence-electron chi connectivity index (χ4n) is 5.44. The van der Waals surface area contributed by atoms with Gasteiger partial charge in [-0.15, -0.1) is 0 Å². The maximum Gasteiger partial charge on any atom is 0.272 e. The van der Waals surface area contributed by atoms with Crippen LogP contribution in [-0.2, 0) is 11.2 Å². The Morgan fingerprint density at radius 1 is 0.971 bits per heavy atom. The van der Waals surface area contributed by atoms with Gasteiger partial charge in [-0.2, -0.15) is 5.10 Å².